The lowest BCUT2D eigenvalue weighted by molar-refractivity contribution is -0.0977. The van der Waals surface area contributed by atoms with Gasteiger partial charge in [-0.1, -0.05) is 6.07 Å². The largest absolute Gasteiger partial charge is 0.363 e. The molecule has 5 rings (SSSR count). The smallest absolute Gasteiger partial charge is 0.329 e. The van der Waals surface area contributed by atoms with Crippen LogP contribution < -0.4 is 10.6 Å². The van der Waals surface area contributed by atoms with Crippen LogP contribution in [0.25, 0.3) is 33.1 Å². The van der Waals surface area contributed by atoms with Crippen LogP contribution in [0.1, 0.15) is 12.5 Å². The van der Waals surface area contributed by atoms with Gasteiger partial charge in [0.05, 0.1) is 29.3 Å². The van der Waals surface area contributed by atoms with Crippen molar-refractivity contribution in [1.82, 2.24) is 24.0 Å². The number of imidazole rings is 1. The van der Waals surface area contributed by atoms with Gasteiger partial charge in [-0.15, -0.1) is 0 Å². The van der Waals surface area contributed by atoms with Crippen molar-refractivity contribution in [3.63, 3.8) is 0 Å². The molecule has 0 saturated carbocycles. The second kappa shape index (κ2) is 7.62. The van der Waals surface area contributed by atoms with Gasteiger partial charge >= 0.3 is 5.69 Å². The fourth-order valence-corrected chi connectivity index (χ4v) is 4.73. The highest BCUT2D eigenvalue weighted by Crippen LogP contribution is 2.39. The maximum atomic E-state index is 15.1. The van der Waals surface area contributed by atoms with Crippen molar-refractivity contribution >= 4 is 27.8 Å². The summed E-state index contributed by atoms with van der Waals surface area (Å²) >= 11 is 0. The van der Waals surface area contributed by atoms with Crippen LogP contribution in [0.3, 0.4) is 0 Å². The number of likely N-dealkylation sites (tertiary alicyclic amines) is 1. The number of hydrogen-bond acceptors (Lipinski definition) is 5. The van der Waals surface area contributed by atoms with E-state index in [0.29, 0.717) is 28.5 Å². The predicted molar refractivity (Wildman–Crippen MR) is 126 cm³/mol. The molecule has 7 nitrogen and oxygen atoms in total. The summed E-state index contributed by atoms with van der Waals surface area (Å²) in [5.74, 6) is -2.19. The predicted octanol–water partition coefficient (Wildman–Crippen LogP) is 3.53. The van der Waals surface area contributed by atoms with Crippen LogP contribution >= 0.6 is 0 Å². The Kier molecular flexibility index (Phi) is 4.97. The summed E-state index contributed by atoms with van der Waals surface area (Å²) < 4.78 is 33.0. The van der Waals surface area contributed by atoms with Crippen molar-refractivity contribution in [2.45, 2.75) is 18.4 Å². The van der Waals surface area contributed by atoms with Gasteiger partial charge in [0.25, 0.3) is 5.92 Å². The summed E-state index contributed by atoms with van der Waals surface area (Å²) in [7, 11) is 7.13. The van der Waals surface area contributed by atoms with E-state index < -0.39 is 17.7 Å². The first-order chi connectivity index (χ1) is 15.7. The molecule has 0 N–H and O–H groups in total. The minimum absolute atomic E-state index is 0.196. The van der Waals surface area contributed by atoms with Crippen LogP contribution in [0.4, 0.5) is 14.6 Å². The number of nitrogens with zero attached hydrogens (tertiary/aromatic N) is 6. The Hall–Kier alpha value is -3.33. The van der Waals surface area contributed by atoms with Crippen molar-refractivity contribution in [2.75, 3.05) is 39.1 Å². The second-order valence-electron chi connectivity index (χ2n) is 9.04. The molecule has 0 spiro atoms. The summed E-state index contributed by atoms with van der Waals surface area (Å²) in [6, 6.07) is 8.40. The van der Waals surface area contributed by atoms with E-state index in [-0.39, 0.29) is 13.0 Å². The Balaban J connectivity index is 1.74. The van der Waals surface area contributed by atoms with E-state index in [1.807, 2.05) is 49.3 Å². The fraction of sp³-hybridized carbons (Fsp3) is 0.375. The number of aromatic nitrogens is 4. The van der Waals surface area contributed by atoms with E-state index in [1.54, 1.807) is 31.4 Å². The van der Waals surface area contributed by atoms with Gasteiger partial charge in [-0.3, -0.25) is 14.1 Å². The van der Waals surface area contributed by atoms with Gasteiger partial charge in [0.1, 0.15) is 11.9 Å². The lowest BCUT2D eigenvalue weighted by atomic mass is 10.00. The van der Waals surface area contributed by atoms with Crippen LogP contribution in [0.5, 0.6) is 0 Å². The van der Waals surface area contributed by atoms with Gasteiger partial charge in [-0.25, -0.2) is 18.6 Å². The molecular formula is C24H26F2N6O. The number of alkyl halides is 2. The topological polar surface area (TPSA) is 59.2 Å². The molecule has 3 aromatic heterocycles. The highest BCUT2D eigenvalue weighted by Gasteiger charge is 2.46. The lowest BCUT2D eigenvalue weighted by Gasteiger charge is -2.37. The zero-order chi connectivity index (χ0) is 23.5. The van der Waals surface area contributed by atoms with E-state index in [0.717, 1.165) is 16.9 Å². The molecule has 33 heavy (non-hydrogen) atoms. The van der Waals surface area contributed by atoms with E-state index in [9.17, 15) is 4.79 Å². The van der Waals surface area contributed by atoms with Crippen molar-refractivity contribution in [1.29, 1.82) is 0 Å². The van der Waals surface area contributed by atoms with Crippen molar-refractivity contribution in [3.05, 3.63) is 53.2 Å². The SMILES string of the molecule is CN1CC[C@H](n2c(=O)n(C)c3cnc4ccc(-c5ccc(N(C)C)nc5)cc4c32)C(F)(F)C1. The van der Waals surface area contributed by atoms with Gasteiger partial charge < -0.3 is 9.80 Å². The van der Waals surface area contributed by atoms with E-state index in [2.05, 4.69) is 9.97 Å². The van der Waals surface area contributed by atoms with Crippen LogP contribution in [-0.2, 0) is 7.05 Å². The van der Waals surface area contributed by atoms with E-state index in [4.69, 9.17) is 0 Å². The summed E-state index contributed by atoms with van der Waals surface area (Å²) in [5, 5.41) is 0.675. The molecule has 1 saturated heterocycles. The van der Waals surface area contributed by atoms with Crippen molar-refractivity contribution in [3.8, 4) is 11.1 Å². The molecular weight excluding hydrogens is 426 g/mol. The maximum Gasteiger partial charge on any atom is 0.329 e. The molecule has 4 heterocycles. The van der Waals surface area contributed by atoms with Gasteiger partial charge in [-0.05, 0) is 43.3 Å². The molecule has 1 fully saturated rings. The Morgan fingerprint density at radius 2 is 1.82 bits per heavy atom. The van der Waals surface area contributed by atoms with Gasteiger partial charge in [0.2, 0.25) is 0 Å². The molecule has 9 heteroatoms. The summed E-state index contributed by atoms with van der Waals surface area (Å²) in [6.07, 6.45) is 3.57. The minimum Gasteiger partial charge on any atom is -0.363 e. The molecule has 1 aliphatic rings. The number of fused-ring (bicyclic) bond motifs is 3. The molecule has 1 aromatic carbocycles. The van der Waals surface area contributed by atoms with Crippen LogP contribution in [0, 0.1) is 0 Å². The first-order valence-electron chi connectivity index (χ1n) is 10.9. The third kappa shape index (κ3) is 3.47. The third-order valence-electron chi connectivity index (χ3n) is 6.52. The molecule has 0 aliphatic carbocycles. The molecule has 0 bridgehead atoms. The fourth-order valence-electron chi connectivity index (χ4n) is 4.73. The Morgan fingerprint density at radius 3 is 2.48 bits per heavy atom. The number of halogens is 2. The van der Waals surface area contributed by atoms with Gasteiger partial charge in [0, 0.05) is 44.8 Å². The monoisotopic (exact) mass is 452 g/mol. The summed E-state index contributed by atoms with van der Waals surface area (Å²) in [4.78, 5) is 25.7. The molecule has 4 aromatic rings. The quantitative estimate of drug-likeness (QED) is 0.476. The summed E-state index contributed by atoms with van der Waals surface area (Å²) in [5.41, 5.74) is 3.03. The highest BCUT2D eigenvalue weighted by molar-refractivity contribution is 6.04. The number of piperidine rings is 1. The van der Waals surface area contributed by atoms with Crippen molar-refractivity contribution < 1.29 is 8.78 Å². The lowest BCUT2D eigenvalue weighted by Crippen LogP contribution is -2.49. The standard InChI is InChI=1S/C24H26F2N6O/c1-29(2)21-8-6-16(12-28-21)15-5-7-18-17(11-15)22-19(13-27-18)31(4)23(33)32(22)20-9-10-30(3)14-24(20,25)26/h5-8,11-13,20H,9-10,14H2,1-4H3/t20-/m0/s1. The molecule has 1 aliphatic heterocycles. The number of aryl methyl sites for hydroxylation is 1. The number of rotatable bonds is 3. The normalized spacial score (nSPS) is 18.8. The Bertz CT molecular complexity index is 1410. The molecule has 0 amide bonds. The number of benzene rings is 1. The molecule has 1 atom stereocenters. The van der Waals surface area contributed by atoms with Crippen LogP contribution in [-0.4, -0.2) is 64.2 Å². The van der Waals surface area contributed by atoms with Gasteiger partial charge in [-0.2, -0.15) is 0 Å². The summed E-state index contributed by atoms with van der Waals surface area (Å²) in [6.45, 7) is 0.125. The number of anilines is 1. The van der Waals surface area contributed by atoms with Gasteiger partial charge in [0.15, 0.2) is 0 Å². The highest BCUT2D eigenvalue weighted by atomic mass is 19.3. The van der Waals surface area contributed by atoms with Crippen LogP contribution in [0.15, 0.2) is 47.5 Å². The minimum atomic E-state index is -3.02. The molecule has 172 valence electrons. The van der Waals surface area contributed by atoms with Crippen molar-refractivity contribution in [2.24, 2.45) is 7.05 Å². The first kappa shape index (κ1) is 21.5. The average molecular weight is 453 g/mol. The average Bonchev–Trinajstić information content (AvgIpc) is 3.03. The Labute approximate surface area is 189 Å². The number of pyridine rings is 2. The second-order valence-corrected chi connectivity index (χ2v) is 9.04. The zero-order valence-electron chi connectivity index (χ0n) is 19.1. The third-order valence-corrected chi connectivity index (χ3v) is 6.52. The van der Waals surface area contributed by atoms with Crippen LogP contribution in [0.2, 0.25) is 0 Å². The maximum absolute atomic E-state index is 15.1. The molecule has 0 radical (unpaired) electrons. The number of hydrogen-bond donors (Lipinski definition) is 0. The first-order valence-corrected chi connectivity index (χ1v) is 10.9. The molecule has 0 unspecified atom stereocenters. The zero-order valence-corrected chi connectivity index (χ0v) is 19.1. The van der Waals surface area contributed by atoms with E-state index >= 15 is 8.78 Å². The van der Waals surface area contributed by atoms with E-state index in [1.165, 1.54) is 9.13 Å². The Morgan fingerprint density at radius 1 is 1.06 bits per heavy atom.